The maximum Gasteiger partial charge on any atom is 0.264 e. The molecule has 0 aliphatic rings. The van der Waals surface area contributed by atoms with Gasteiger partial charge in [0.05, 0.1) is 11.6 Å². The van der Waals surface area contributed by atoms with Gasteiger partial charge in [-0.15, -0.1) is 0 Å². The molecule has 84 valence electrons. The summed E-state index contributed by atoms with van der Waals surface area (Å²) in [6.45, 7) is 5.70. The van der Waals surface area contributed by atoms with Crippen molar-refractivity contribution in [3.05, 3.63) is 29.8 Å². The van der Waals surface area contributed by atoms with Gasteiger partial charge in [-0.2, -0.15) is 5.26 Å². The smallest absolute Gasteiger partial charge is 0.264 e. The number of thiocarbonyl (C=S) groups is 1. The first-order valence-electron chi connectivity index (χ1n) is 5.18. The Balaban J connectivity index is 2.66. The lowest BCUT2D eigenvalue weighted by Gasteiger charge is -2.20. The number of hydrogen-bond donors (Lipinski definition) is 0. The lowest BCUT2D eigenvalue weighted by molar-refractivity contribution is 0.378. The Labute approximate surface area is 101 Å². The third-order valence-electron chi connectivity index (χ3n) is 2.21. The zero-order valence-corrected chi connectivity index (χ0v) is 10.3. The van der Waals surface area contributed by atoms with Crippen LogP contribution in [0.3, 0.4) is 0 Å². The van der Waals surface area contributed by atoms with Gasteiger partial charge in [0, 0.05) is 13.1 Å². The molecule has 0 N–H and O–H groups in total. The summed E-state index contributed by atoms with van der Waals surface area (Å²) in [5.41, 5.74) is 0.612. The van der Waals surface area contributed by atoms with Gasteiger partial charge in [0.1, 0.15) is 5.75 Å². The van der Waals surface area contributed by atoms with Crippen LogP contribution < -0.4 is 4.74 Å². The Morgan fingerprint density at radius 1 is 1.31 bits per heavy atom. The molecule has 1 aromatic rings. The lowest BCUT2D eigenvalue weighted by Crippen LogP contribution is -2.32. The normalized spacial score (nSPS) is 9.31. The van der Waals surface area contributed by atoms with Crippen LogP contribution in [0, 0.1) is 11.3 Å². The predicted octanol–water partition coefficient (Wildman–Crippen LogP) is 2.56. The highest BCUT2D eigenvalue weighted by Gasteiger charge is 2.07. The molecule has 0 bridgehead atoms. The van der Waals surface area contributed by atoms with Crippen LogP contribution in [0.4, 0.5) is 0 Å². The molecule has 16 heavy (non-hydrogen) atoms. The number of hydrogen-bond acceptors (Lipinski definition) is 3. The van der Waals surface area contributed by atoms with Crippen molar-refractivity contribution in [2.45, 2.75) is 13.8 Å². The molecule has 3 nitrogen and oxygen atoms in total. The van der Waals surface area contributed by atoms with E-state index in [1.54, 1.807) is 24.3 Å². The fourth-order valence-electron chi connectivity index (χ4n) is 1.24. The van der Waals surface area contributed by atoms with E-state index in [4.69, 9.17) is 22.2 Å². The van der Waals surface area contributed by atoms with Gasteiger partial charge in [0.25, 0.3) is 5.17 Å². The highest BCUT2D eigenvalue weighted by Crippen LogP contribution is 2.12. The SMILES string of the molecule is CCN(CC)C(=S)Oc1ccc(C#N)cc1. The molecule has 1 aromatic carbocycles. The Morgan fingerprint density at radius 2 is 1.88 bits per heavy atom. The van der Waals surface area contributed by atoms with E-state index < -0.39 is 0 Å². The first-order valence-corrected chi connectivity index (χ1v) is 5.59. The van der Waals surface area contributed by atoms with Crippen LogP contribution in [-0.2, 0) is 0 Å². The molecule has 0 aromatic heterocycles. The average molecular weight is 234 g/mol. The largest absolute Gasteiger partial charge is 0.432 e. The van der Waals surface area contributed by atoms with Crippen molar-refractivity contribution in [2.24, 2.45) is 0 Å². The van der Waals surface area contributed by atoms with E-state index in [9.17, 15) is 0 Å². The monoisotopic (exact) mass is 234 g/mol. The first kappa shape index (κ1) is 12.5. The van der Waals surface area contributed by atoms with E-state index in [1.165, 1.54) is 0 Å². The van der Waals surface area contributed by atoms with Crippen LogP contribution >= 0.6 is 12.2 Å². The first-order chi connectivity index (χ1) is 7.71. The second kappa shape index (κ2) is 6.09. The van der Waals surface area contributed by atoms with E-state index in [2.05, 4.69) is 6.07 Å². The summed E-state index contributed by atoms with van der Waals surface area (Å²) in [5, 5.41) is 9.12. The van der Waals surface area contributed by atoms with E-state index in [-0.39, 0.29) is 0 Å². The van der Waals surface area contributed by atoms with Crippen molar-refractivity contribution in [3.63, 3.8) is 0 Å². The molecule has 1 rings (SSSR count). The van der Waals surface area contributed by atoms with Gasteiger partial charge in [-0.3, -0.25) is 0 Å². The maximum atomic E-state index is 8.65. The molecular formula is C12H14N2OS. The van der Waals surface area contributed by atoms with E-state index in [1.807, 2.05) is 18.7 Å². The summed E-state index contributed by atoms with van der Waals surface area (Å²) < 4.78 is 5.51. The second-order valence-corrected chi connectivity index (χ2v) is 3.53. The number of benzene rings is 1. The molecule has 0 aliphatic carbocycles. The highest BCUT2D eigenvalue weighted by atomic mass is 32.1. The summed E-state index contributed by atoms with van der Waals surface area (Å²) in [7, 11) is 0. The molecule has 4 heteroatoms. The Hall–Kier alpha value is -1.60. The van der Waals surface area contributed by atoms with Crippen LogP contribution in [0.2, 0.25) is 0 Å². The molecule has 0 radical (unpaired) electrons. The second-order valence-electron chi connectivity index (χ2n) is 3.18. The van der Waals surface area contributed by atoms with Crippen molar-refractivity contribution in [2.75, 3.05) is 13.1 Å². The van der Waals surface area contributed by atoms with E-state index in [0.717, 1.165) is 13.1 Å². The summed E-state index contributed by atoms with van der Waals surface area (Å²) in [5.74, 6) is 0.663. The molecule has 0 saturated heterocycles. The summed E-state index contributed by atoms with van der Waals surface area (Å²) >= 11 is 5.16. The third kappa shape index (κ3) is 3.21. The number of rotatable bonds is 3. The lowest BCUT2D eigenvalue weighted by atomic mass is 10.2. The van der Waals surface area contributed by atoms with Gasteiger partial charge in [-0.25, -0.2) is 0 Å². The zero-order chi connectivity index (χ0) is 12.0. The molecule has 0 heterocycles. The fourth-order valence-corrected chi connectivity index (χ4v) is 1.60. The zero-order valence-electron chi connectivity index (χ0n) is 9.43. The highest BCUT2D eigenvalue weighted by molar-refractivity contribution is 7.80. The standard InChI is InChI=1S/C12H14N2OS/c1-3-14(4-2)12(16)15-11-7-5-10(9-13)6-8-11/h5-8H,3-4H2,1-2H3. The fraction of sp³-hybridized carbons (Fsp3) is 0.333. The summed E-state index contributed by atoms with van der Waals surface area (Å²) in [6.07, 6.45) is 0. The van der Waals surface area contributed by atoms with Crippen molar-refractivity contribution in [3.8, 4) is 11.8 Å². The van der Waals surface area contributed by atoms with Gasteiger partial charge in [-0.05, 0) is 50.3 Å². The Bertz CT molecular complexity index is 390. The quantitative estimate of drug-likeness (QED) is 0.753. The molecule has 0 fully saturated rings. The minimum atomic E-state index is 0.467. The Kier molecular flexibility index (Phi) is 4.74. The van der Waals surface area contributed by atoms with Gasteiger partial charge >= 0.3 is 0 Å². The van der Waals surface area contributed by atoms with Crippen molar-refractivity contribution < 1.29 is 4.74 Å². The van der Waals surface area contributed by atoms with Gasteiger partial charge in [0.15, 0.2) is 0 Å². The van der Waals surface area contributed by atoms with Crippen LogP contribution in [0.5, 0.6) is 5.75 Å². The third-order valence-corrected chi connectivity index (χ3v) is 2.55. The van der Waals surface area contributed by atoms with Crippen molar-refractivity contribution in [1.29, 1.82) is 5.26 Å². The van der Waals surface area contributed by atoms with Crippen LogP contribution in [-0.4, -0.2) is 23.2 Å². The molecule has 0 saturated carbocycles. The number of nitrogens with zero attached hydrogens (tertiary/aromatic N) is 2. The molecular weight excluding hydrogens is 220 g/mol. The van der Waals surface area contributed by atoms with Crippen molar-refractivity contribution in [1.82, 2.24) is 4.90 Å². The molecule has 0 spiro atoms. The van der Waals surface area contributed by atoms with E-state index in [0.29, 0.717) is 16.5 Å². The van der Waals surface area contributed by atoms with Crippen LogP contribution in [0.15, 0.2) is 24.3 Å². The molecule has 0 atom stereocenters. The predicted molar refractivity (Wildman–Crippen MR) is 67.3 cm³/mol. The minimum absolute atomic E-state index is 0.467. The summed E-state index contributed by atoms with van der Waals surface area (Å²) in [6, 6.07) is 8.96. The topological polar surface area (TPSA) is 36.3 Å². The molecule has 0 amide bonds. The van der Waals surface area contributed by atoms with Gasteiger partial charge < -0.3 is 9.64 Å². The molecule has 0 aliphatic heterocycles. The van der Waals surface area contributed by atoms with Crippen LogP contribution in [0.25, 0.3) is 0 Å². The van der Waals surface area contributed by atoms with Gasteiger partial charge in [-0.1, -0.05) is 0 Å². The van der Waals surface area contributed by atoms with Gasteiger partial charge in [0.2, 0.25) is 0 Å². The number of nitriles is 1. The van der Waals surface area contributed by atoms with Crippen LogP contribution in [0.1, 0.15) is 19.4 Å². The summed E-state index contributed by atoms with van der Waals surface area (Å²) in [4.78, 5) is 1.95. The molecule has 0 unspecified atom stereocenters. The number of ether oxygens (including phenoxy) is 1. The minimum Gasteiger partial charge on any atom is -0.432 e. The Morgan fingerprint density at radius 3 is 2.31 bits per heavy atom. The average Bonchev–Trinajstić information content (AvgIpc) is 2.31. The maximum absolute atomic E-state index is 8.65. The van der Waals surface area contributed by atoms with Crippen molar-refractivity contribution >= 4 is 17.4 Å². The van der Waals surface area contributed by atoms with E-state index >= 15 is 0 Å².